The van der Waals surface area contributed by atoms with Crippen LogP contribution in [0.1, 0.15) is 34.6 Å². The molecule has 0 atom stereocenters. The molecule has 0 aromatic rings. The van der Waals surface area contributed by atoms with Crippen molar-refractivity contribution < 1.29 is 9.90 Å². The summed E-state index contributed by atoms with van der Waals surface area (Å²) in [5, 5.41) is 9.68. The standard InChI is InChI=1S/C11H24N2O2/c1-6-13(8-11(4,5)15)9(14)10(2,3)7-12/h15H,6-8,12H2,1-5H3. The summed E-state index contributed by atoms with van der Waals surface area (Å²) in [6, 6.07) is 0. The van der Waals surface area contributed by atoms with Gasteiger partial charge in [-0.25, -0.2) is 0 Å². The molecule has 3 N–H and O–H groups in total. The van der Waals surface area contributed by atoms with Crippen molar-refractivity contribution in [1.82, 2.24) is 4.90 Å². The molecule has 0 aromatic carbocycles. The summed E-state index contributed by atoms with van der Waals surface area (Å²) >= 11 is 0. The van der Waals surface area contributed by atoms with Crippen LogP contribution >= 0.6 is 0 Å². The topological polar surface area (TPSA) is 66.6 Å². The minimum Gasteiger partial charge on any atom is -0.389 e. The molecule has 0 saturated carbocycles. The first kappa shape index (κ1) is 14.4. The second-order valence-electron chi connectivity index (χ2n) is 5.22. The SMILES string of the molecule is CCN(CC(C)(C)O)C(=O)C(C)(C)CN. The van der Waals surface area contributed by atoms with Crippen LogP contribution in [0.4, 0.5) is 0 Å². The lowest BCUT2D eigenvalue weighted by Gasteiger charge is -2.34. The molecule has 0 spiro atoms. The van der Waals surface area contributed by atoms with Gasteiger partial charge < -0.3 is 15.7 Å². The van der Waals surface area contributed by atoms with E-state index in [1.807, 2.05) is 20.8 Å². The lowest BCUT2D eigenvalue weighted by molar-refractivity contribution is -0.142. The monoisotopic (exact) mass is 216 g/mol. The van der Waals surface area contributed by atoms with E-state index in [1.165, 1.54) is 0 Å². The summed E-state index contributed by atoms with van der Waals surface area (Å²) < 4.78 is 0. The van der Waals surface area contributed by atoms with E-state index in [0.717, 1.165) is 0 Å². The quantitative estimate of drug-likeness (QED) is 0.707. The van der Waals surface area contributed by atoms with Crippen molar-refractivity contribution in [3.05, 3.63) is 0 Å². The Balaban J connectivity index is 4.63. The Labute approximate surface area is 92.4 Å². The Bertz CT molecular complexity index is 219. The van der Waals surface area contributed by atoms with Gasteiger partial charge in [-0.3, -0.25) is 4.79 Å². The van der Waals surface area contributed by atoms with Crippen LogP contribution in [0.3, 0.4) is 0 Å². The lowest BCUT2D eigenvalue weighted by Crippen LogP contribution is -2.49. The van der Waals surface area contributed by atoms with Gasteiger partial charge in [-0.15, -0.1) is 0 Å². The number of nitrogens with zero attached hydrogens (tertiary/aromatic N) is 1. The zero-order valence-electron chi connectivity index (χ0n) is 10.5. The first-order valence-electron chi connectivity index (χ1n) is 5.36. The Morgan fingerprint density at radius 3 is 2.07 bits per heavy atom. The number of carbonyl (C=O) groups excluding carboxylic acids is 1. The van der Waals surface area contributed by atoms with Crippen molar-refractivity contribution in [2.75, 3.05) is 19.6 Å². The minimum atomic E-state index is -0.865. The third-order valence-corrected chi connectivity index (χ3v) is 2.34. The fourth-order valence-electron chi connectivity index (χ4n) is 1.31. The molecule has 0 unspecified atom stereocenters. The van der Waals surface area contributed by atoms with Gasteiger partial charge in [0.25, 0.3) is 0 Å². The van der Waals surface area contributed by atoms with E-state index in [2.05, 4.69) is 0 Å². The minimum absolute atomic E-state index is 0.00498. The highest BCUT2D eigenvalue weighted by molar-refractivity contribution is 5.82. The molecule has 0 aliphatic rings. The molecule has 0 aliphatic heterocycles. The summed E-state index contributed by atoms with van der Waals surface area (Å²) in [6.07, 6.45) is 0. The molecule has 0 fully saturated rings. The van der Waals surface area contributed by atoms with Crippen molar-refractivity contribution in [3.8, 4) is 0 Å². The number of hydrogen-bond acceptors (Lipinski definition) is 3. The summed E-state index contributed by atoms with van der Waals surface area (Å²) in [4.78, 5) is 13.7. The Morgan fingerprint density at radius 1 is 1.33 bits per heavy atom. The highest BCUT2D eigenvalue weighted by Crippen LogP contribution is 2.18. The molecule has 0 aromatic heterocycles. The van der Waals surface area contributed by atoms with Crippen LogP contribution in [-0.4, -0.2) is 41.1 Å². The van der Waals surface area contributed by atoms with Gasteiger partial charge in [0.1, 0.15) is 0 Å². The van der Waals surface area contributed by atoms with Gasteiger partial charge >= 0.3 is 0 Å². The number of aliphatic hydroxyl groups is 1. The summed E-state index contributed by atoms with van der Waals surface area (Å²) in [6.45, 7) is 10.2. The number of likely N-dealkylation sites (N-methyl/N-ethyl adjacent to an activating group) is 1. The van der Waals surface area contributed by atoms with Crippen molar-refractivity contribution in [1.29, 1.82) is 0 Å². The van der Waals surface area contributed by atoms with Gasteiger partial charge in [0.2, 0.25) is 5.91 Å². The predicted octanol–water partition coefficient (Wildman–Crippen LogP) is 0.591. The number of amides is 1. The van der Waals surface area contributed by atoms with Gasteiger partial charge in [0.05, 0.1) is 11.0 Å². The van der Waals surface area contributed by atoms with Crippen molar-refractivity contribution in [2.45, 2.75) is 40.2 Å². The van der Waals surface area contributed by atoms with E-state index in [9.17, 15) is 9.90 Å². The molecule has 4 nitrogen and oxygen atoms in total. The van der Waals surface area contributed by atoms with Crippen molar-refractivity contribution in [3.63, 3.8) is 0 Å². The molecular weight excluding hydrogens is 192 g/mol. The van der Waals surface area contributed by atoms with Crippen LogP contribution in [0.25, 0.3) is 0 Å². The van der Waals surface area contributed by atoms with Crippen LogP contribution < -0.4 is 5.73 Å². The second kappa shape index (κ2) is 4.94. The van der Waals surface area contributed by atoms with E-state index in [-0.39, 0.29) is 5.91 Å². The molecular formula is C11H24N2O2. The zero-order chi connectivity index (χ0) is 12.3. The van der Waals surface area contributed by atoms with E-state index >= 15 is 0 Å². The highest BCUT2D eigenvalue weighted by atomic mass is 16.3. The first-order valence-corrected chi connectivity index (χ1v) is 5.36. The summed E-state index contributed by atoms with van der Waals surface area (Å²) in [5.74, 6) is -0.00498. The number of rotatable bonds is 5. The van der Waals surface area contributed by atoms with Gasteiger partial charge in [0.15, 0.2) is 0 Å². The van der Waals surface area contributed by atoms with Crippen LogP contribution in [0, 0.1) is 5.41 Å². The summed E-state index contributed by atoms with van der Waals surface area (Å²) in [5.41, 5.74) is 4.13. The van der Waals surface area contributed by atoms with Crippen LogP contribution in [0.2, 0.25) is 0 Å². The third-order valence-electron chi connectivity index (χ3n) is 2.34. The fourth-order valence-corrected chi connectivity index (χ4v) is 1.31. The van der Waals surface area contributed by atoms with Crippen LogP contribution in [0.5, 0.6) is 0 Å². The molecule has 0 radical (unpaired) electrons. The second-order valence-corrected chi connectivity index (χ2v) is 5.22. The maximum atomic E-state index is 12.0. The molecule has 0 aliphatic carbocycles. The Hall–Kier alpha value is -0.610. The van der Waals surface area contributed by atoms with Crippen LogP contribution in [0.15, 0.2) is 0 Å². The largest absolute Gasteiger partial charge is 0.389 e. The van der Waals surface area contributed by atoms with Crippen molar-refractivity contribution in [2.24, 2.45) is 11.1 Å². The van der Waals surface area contributed by atoms with E-state index in [1.54, 1.807) is 18.7 Å². The number of hydrogen-bond donors (Lipinski definition) is 2. The van der Waals surface area contributed by atoms with Crippen LogP contribution in [-0.2, 0) is 4.79 Å². The fraction of sp³-hybridized carbons (Fsp3) is 0.909. The maximum Gasteiger partial charge on any atom is 0.229 e. The third kappa shape index (κ3) is 4.62. The van der Waals surface area contributed by atoms with E-state index in [0.29, 0.717) is 19.6 Å². The molecule has 0 rings (SSSR count). The van der Waals surface area contributed by atoms with Gasteiger partial charge in [-0.2, -0.15) is 0 Å². The molecule has 0 heterocycles. The molecule has 90 valence electrons. The molecule has 0 saturated heterocycles. The van der Waals surface area contributed by atoms with E-state index in [4.69, 9.17) is 5.73 Å². The normalized spacial score (nSPS) is 12.7. The first-order chi connectivity index (χ1) is 6.64. The van der Waals surface area contributed by atoms with Crippen molar-refractivity contribution >= 4 is 5.91 Å². The van der Waals surface area contributed by atoms with Gasteiger partial charge in [-0.1, -0.05) is 0 Å². The summed E-state index contributed by atoms with van der Waals surface area (Å²) in [7, 11) is 0. The molecule has 4 heteroatoms. The zero-order valence-corrected chi connectivity index (χ0v) is 10.5. The number of carbonyl (C=O) groups is 1. The molecule has 15 heavy (non-hydrogen) atoms. The highest BCUT2D eigenvalue weighted by Gasteiger charge is 2.32. The number of nitrogens with two attached hydrogens (primary N) is 1. The lowest BCUT2D eigenvalue weighted by atomic mass is 9.91. The van der Waals surface area contributed by atoms with Gasteiger partial charge in [-0.05, 0) is 34.6 Å². The predicted molar refractivity (Wildman–Crippen MR) is 61.4 cm³/mol. The van der Waals surface area contributed by atoms with E-state index < -0.39 is 11.0 Å². The smallest absolute Gasteiger partial charge is 0.229 e. The Kier molecular flexibility index (Phi) is 4.74. The molecule has 1 amide bonds. The molecule has 0 bridgehead atoms. The maximum absolute atomic E-state index is 12.0. The van der Waals surface area contributed by atoms with Gasteiger partial charge in [0, 0.05) is 19.6 Å². The average Bonchev–Trinajstić information content (AvgIpc) is 2.11. The Morgan fingerprint density at radius 2 is 1.80 bits per heavy atom. The average molecular weight is 216 g/mol.